The molecule has 0 spiro atoms. The van der Waals surface area contributed by atoms with E-state index in [1.54, 1.807) is 24.3 Å². The molecule has 0 atom stereocenters. The summed E-state index contributed by atoms with van der Waals surface area (Å²) in [6.45, 7) is 4.06. The topological polar surface area (TPSA) is 117 Å². The Morgan fingerprint density at radius 1 is 1.29 bits per heavy atom. The molecule has 1 aromatic rings. The maximum absolute atomic E-state index is 12.7. The van der Waals surface area contributed by atoms with Gasteiger partial charge in [-0.15, -0.1) is 0 Å². The molecule has 8 nitrogen and oxygen atoms in total. The van der Waals surface area contributed by atoms with E-state index in [9.17, 15) is 4.79 Å². The van der Waals surface area contributed by atoms with Crippen LogP contribution < -0.4 is 16.2 Å². The van der Waals surface area contributed by atoms with Gasteiger partial charge in [0, 0.05) is 38.4 Å². The first-order valence-corrected chi connectivity index (χ1v) is 8.85. The molecule has 1 aromatic heterocycles. The predicted molar refractivity (Wildman–Crippen MR) is 109 cm³/mol. The van der Waals surface area contributed by atoms with Gasteiger partial charge in [0.1, 0.15) is 11.5 Å². The van der Waals surface area contributed by atoms with Gasteiger partial charge in [-0.2, -0.15) is 4.98 Å². The second kappa shape index (κ2) is 9.07. The molecule has 2 rings (SSSR count). The van der Waals surface area contributed by atoms with Gasteiger partial charge in [0.25, 0.3) is 0 Å². The van der Waals surface area contributed by atoms with Crippen molar-refractivity contribution in [2.24, 2.45) is 5.92 Å². The number of rotatable bonds is 7. The van der Waals surface area contributed by atoms with Gasteiger partial charge in [-0.05, 0) is 23.6 Å². The van der Waals surface area contributed by atoms with E-state index in [2.05, 4.69) is 9.97 Å². The molecule has 0 unspecified atom stereocenters. The average molecular weight is 385 g/mol. The molecule has 4 N–H and O–H groups in total. The minimum atomic E-state index is -0.135. The van der Waals surface area contributed by atoms with Crippen LogP contribution in [0.5, 0.6) is 5.75 Å². The fourth-order valence-electron chi connectivity index (χ4n) is 2.57. The monoisotopic (exact) mass is 385 g/mol. The van der Waals surface area contributed by atoms with E-state index >= 15 is 0 Å². The van der Waals surface area contributed by atoms with E-state index in [1.165, 1.54) is 12.3 Å². The Morgan fingerprint density at radius 2 is 2.00 bits per heavy atom. The molecule has 1 aliphatic rings. The molecule has 0 aromatic carbocycles. The molecule has 0 saturated carbocycles. The summed E-state index contributed by atoms with van der Waals surface area (Å²) in [6, 6.07) is 0. The van der Waals surface area contributed by atoms with E-state index < -0.39 is 0 Å². The van der Waals surface area contributed by atoms with Crippen LogP contribution in [0.25, 0.3) is 0 Å². The van der Waals surface area contributed by atoms with Crippen LogP contribution in [0.15, 0.2) is 53.3 Å². The highest BCUT2D eigenvalue weighted by Gasteiger charge is 2.22. The standard InChI is InChI=1S/C20H27N5O3/c1-12(2)15-10-14(27-5)8-13(16(26)6-7-25(3)4)9-17(15)28-18-11-23-20(22)24-19(18)21/h6-8,10-12H,9H2,1-5H3,(H4,21,22,23,24)/b7-6+. The van der Waals surface area contributed by atoms with E-state index in [-0.39, 0.29) is 35.6 Å². The van der Waals surface area contributed by atoms with E-state index in [0.29, 0.717) is 17.1 Å². The van der Waals surface area contributed by atoms with Gasteiger partial charge < -0.3 is 25.8 Å². The first kappa shape index (κ1) is 21.0. The first-order chi connectivity index (χ1) is 13.2. The number of methoxy groups -OCH3 is 1. The van der Waals surface area contributed by atoms with Gasteiger partial charge in [0.2, 0.25) is 5.95 Å². The zero-order chi connectivity index (χ0) is 20.8. The summed E-state index contributed by atoms with van der Waals surface area (Å²) in [4.78, 5) is 22.3. The second-order valence-electron chi connectivity index (χ2n) is 6.85. The number of anilines is 2. The summed E-state index contributed by atoms with van der Waals surface area (Å²) in [5.41, 5.74) is 12.9. The third kappa shape index (κ3) is 5.35. The van der Waals surface area contributed by atoms with Crippen LogP contribution in [-0.2, 0) is 9.53 Å². The number of nitrogens with two attached hydrogens (primary N) is 2. The number of nitrogens with zero attached hydrogens (tertiary/aromatic N) is 3. The van der Waals surface area contributed by atoms with Crippen LogP contribution in [0, 0.1) is 5.92 Å². The Labute approximate surface area is 165 Å². The van der Waals surface area contributed by atoms with Crippen LogP contribution in [0.4, 0.5) is 11.8 Å². The number of ether oxygens (including phenoxy) is 2. The van der Waals surface area contributed by atoms with Crippen molar-refractivity contribution in [3.8, 4) is 5.75 Å². The Hall–Kier alpha value is -3.29. The highest BCUT2D eigenvalue weighted by atomic mass is 16.5. The first-order valence-electron chi connectivity index (χ1n) is 8.85. The number of carbonyl (C=O) groups excluding carboxylic acids is 1. The van der Waals surface area contributed by atoms with Gasteiger partial charge in [-0.25, -0.2) is 4.98 Å². The van der Waals surface area contributed by atoms with Gasteiger partial charge in [-0.3, -0.25) is 4.79 Å². The van der Waals surface area contributed by atoms with Crippen molar-refractivity contribution < 1.29 is 14.3 Å². The van der Waals surface area contributed by atoms with Crippen LogP contribution in [0.1, 0.15) is 20.3 Å². The fraction of sp³-hybridized carbons (Fsp3) is 0.350. The van der Waals surface area contributed by atoms with Crippen molar-refractivity contribution in [1.82, 2.24) is 14.9 Å². The average Bonchev–Trinajstić information content (AvgIpc) is 2.81. The molecule has 0 bridgehead atoms. The molecule has 1 aliphatic carbocycles. The number of carbonyl (C=O) groups is 1. The maximum atomic E-state index is 12.7. The number of hydrogen-bond donors (Lipinski definition) is 2. The molecule has 1 heterocycles. The van der Waals surface area contributed by atoms with Crippen LogP contribution in [0.2, 0.25) is 0 Å². The second-order valence-corrected chi connectivity index (χ2v) is 6.85. The van der Waals surface area contributed by atoms with E-state index in [0.717, 1.165) is 5.57 Å². The smallest absolute Gasteiger partial charge is 0.222 e. The summed E-state index contributed by atoms with van der Waals surface area (Å²) in [7, 11) is 5.26. The third-order valence-corrected chi connectivity index (χ3v) is 4.02. The summed E-state index contributed by atoms with van der Waals surface area (Å²) in [5, 5.41) is 0. The molecule has 150 valence electrons. The molecule has 8 heteroatoms. The van der Waals surface area contributed by atoms with Crippen LogP contribution in [-0.4, -0.2) is 41.9 Å². The van der Waals surface area contributed by atoms with E-state index in [4.69, 9.17) is 20.9 Å². The van der Waals surface area contributed by atoms with Gasteiger partial charge in [-0.1, -0.05) is 13.8 Å². The molecular formula is C20H27N5O3. The molecule has 0 saturated heterocycles. The number of nitrogen functional groups attached to an aromatic ring is 2. The SMILES string of the molecule is COC1=CC(C(C)C)=C(Oc2cnc(N)nc2N)CC(C(=O)/C=C/N(C)C)=C1. The van der Waals surface area contributed by atoms with E-state index in [1.807, 2.05) is 34.0 Å². The fourth-order valence-corrected chi connectivity index (χ4v) is 2.57. The number of allylic oxidation sites excluding steroid dienone is 5. The van der Waals surface area contributed by atoms with Gasteiger partial charge in [0.05, 0.1) is 13.3 Å². The van der Waals surface area contributed by atoms with Crippen molar-refractivity contribution in [2.75, 3.05) is 32.7 Å². The Morgan fingerprint density at radius 3 is 2.57 bits per heavy atom. The summed E-state index contributed by atoms with van der Waals surface area (Å²) >= 11 is 0. The maximum Gasteiger partial charge on any atom is 0.222 e. The molecule has 0 aliphatic heterocycles. The largest absolute Gasteiger partial charge is 0.497 e. The summed E-state index contributed by atoms with van der Waals surface area (Å²) in [6.07, 6.45) is 8.50. The van der Waals surface area contributed by atoms with Crippen molar-refractivity contribution in [3.63, 3.8) is 0 Å². The minimum absolute atomic E-state index is 0.0647. The molecule has 28 heavy (non-hydrogen) atoms. The number of hydrogen-bond acceptors (Lipinski definition) is 8. The Kier molecular flexibility index (Phi) is 6.81. The zero-order valence-corrected chi connectivity index (χ0v) is 16.9. The van der Waals surface area contributed by atoms with Crippen LogP contribution in [0.3, 0.4) is 0 Å². The summed E-state index contributed by atoms with van der Waals surface area (Å²) < 4.78 is 11.5. The molecule has 0 radical (unpaired) electrons. The normalized spacial score (nSPS) is 14.6. The minimum Gasteiger partial charge on any atom is -0.497 e. The van der Waals surface area contributed by atoms with Gasteiger partial charge >= 0.3 is 0 Å². The lowest BCUT2D eigenvalue weighted by atomic mass is 9.99. The van der Waals surface area contributed by atoms with Crippen molar-refractivity contribution in [3.05, 3.63) is 53.3 Å². The lowest BCUT2D eigenvalue weighted by molar-refractivity contribution is -0.111. The Bertz CT molecular complexity index is 867. The summed E-state index contributed by atoms with van der Waals surface area (Å²) in [5.74, 6) is 1.63. The highest BCUT2D eigenvalue weighted by molar-refractivity contribution is 6.04. The number of ketones is 1. The lowest BCUT2D eigenvalue weighted by Crippen LogP contribution is -2.10. The predicted octanol–water partition coefficient (Wildman–Crippen LogP) is 2.43. The van der Waals surface area contributed by atoms with Crippen molar-refractivity contribution in [1.29, 1.82) is 0 Å². The van der Waals surface area contributed by atoms with Gasteiger partial charge in [0.15, 0.2) is 17.4 Å². The third-order valence-electron chi connectivity index (χ3n) is 4.02. The molecular weight excluding hydrogens is 358 g/mol. The van der Waals surface area contributed by atoms with Crippen LogP contribution >= 0.6 is 0 Å². The zero-order valence-electron chi connectivity index (χ0n) is 16.9. The molecule has 0 amide bonds. The lowest BCUT2D eigenvalue weighted by Gasteiger charge is -2.17. The molecule has 0 fully saturated rings. The highest BCUT2D eigenvalue weighted by Crippen LogP contribution is 2.32. The quantitative estimate of drug-likeness (QED) is 0.687. The number of aromatic nitrogens is 2. The van der Waals surface area contributed by atoms with Crippen molar-refractivity contribution in [2.45, 2.75) is 20.3 Å². The van der Waals surface area contributed by atoms with Crippen molar-refractivity contribution >= 4 is 17.5 Å². The Balaban J connectivity index is 2.47.